The third kappa shape index (κ3) is 4.98. The minimum atomic E-state index is -0.542. The molecule has 0 spiro atoms. The molecule has 0 saturated heterocycles. The molecule has 2 N–H and O–H groups in total. The first kappa shape index (κ1) is 18.8. The Hall–Kier alpha value is -2.51. The van der Waals surface area contributed by atoms with Crippen molar-refractivity contribution in [1.29, 1.82) is 0 Å². The Labute approximate surface area is 155 Å². The zero-order valence-corrected chi connectivity index (χ0v) is 15.1. The molecule has 6 nitrogen and oxygen atoms in total. The smallest absolute Gasteiger partial charge is 0.271 e. The van der Waals surface area contributed by atoms with Gasteiger partial charge in [-0.05, 0) is 41.9 Å². The van der Waals surface area contributed by atoms with Crippen LogP contribution in [-0.2, 0) is 0 Å². The van der Waals surface area contributed by atoms with Crippen LogP contribution in [0.2, 0.25) is 5.02 Å². The van der Waals surface area contributed by atoms with E-state index in [4.69, 9.17) is 23.8 Å². The van der Waals surface area contributed by atoms with Gasteiger partial charge in [-0.2, -0.15) is 0 Å². The van der Waals surface area contributed by atoms with Crippen LogP contribution in [0.15, 0.2) is 42.5 Å². The van der Waals surface area contributed by atoms with Crippen LogP contribution >= 0.6 is 23.8 Å². The van der Waals surface area contributed by atoms with Crippen LogP contribution in [0.3, 0.4) is 0 Å². The van der Waals surface area contributed by atoms with E-state index in [1.165, 1.54) is 18.2 Å². The van der Waals surface area contributed by atoms with Crippen molar-refractivity contribution < 1.29 is 9.72 Å². The quantitative estimate of drug-likeness (QED) is 0.465. The van der Waals surface area contributed by atoms with E-state index in [1.807, 2.05) is 12.1 Å². The molecule has 0 aliphatic rings. The number of non-ortho nitro benzene ring substituents is 1. The molecule has 0 saturated carbocycles. The number of hydrogen-bond acceptors (Lipinski definition) is 4. The Morgan fingerprint density at radius 1 is 1.20 bits per heavy atom. The van der Waals surface area contributed by atoms with E-state index in [2.05, 4.69) is 24.5 Å². The van der Waals surface area contributed by atoms with Crippen molar-refractivity contribution in [3.8, 4) is 0 Å². The van der Waals surface area contributed by atoms with Crippen molar-refractivity contribution in [2.45, 2.75) is 19.8 Å². The number of benzene rings is 2. The number of nitro groups is 1. The average Bonchev–Trinajstić information content (AvgIpc) is 2.56. The molecule has 2 rings (SSSR count). The minimum Gasteiger partial charge on any atom is -0.331 e. The molecule has 0 bridgehead atoms. The normalized spacial score (nSPS) is 10.4. The van der Waals surface area contributed by atoms with Gasteiger partial charge in [-0.25, -0.2) is 0 Å². The van der Waals surface area contributed by atoms with Gasteiger partial charge in [-0.3, -0.25) is 20.2 Å². The molecule has 0 fully saturated rings. The van der Waals surface area contributed by atoms with Crippen LogP contribution in [0, 0.1) is 10.1 Å². The zero-order valence-electron chi connectivity index (χ0n) is 13.6. The number of carbonyl (C=O) groups is 1. The van der Waals surface area contributed by atoms with Crippen LogP contribution < -0.4 is 10.6 Å². The minimum absolute atomic E-state index is 0.000309. The molecule has 2 aromatic rings. The summed E-state index contributed by atoms with van der Waals surface area (Å²) in [5.74, 6) is -0.00905. The van der Waals surface area contributed by atoms with Crippen molar-refractivity contribution in [3.63, 3.8) is 0 Å². The molecule has 2 aromatic carbocycles. The standard InChI is InChI=1S/C17H16ClN3O3S/c1-10(2)11-3-5-12(6-4-11)16(22)20-17(25)19-15-9-13(21(23)24)7-8-14(15)18/h3-10H,1-2H3,(H2,19,20,22,25). The number of nitro benzene ring substituents is 1. The molecular formula is C17H16ClN3O3S. The summed E-state index contributed by atoms with van der Waals surface area (Å²) in [6, 6.07) is 11.1. The summed E-state index contributed by atoms with van der Waals surface area (Å²) in [7, 11) is 0. The Balaban J connectivity index is 2.06. The molecular weight excluding hydrogens is 362 g/mol. The number of rotatable bonds is 4. The van der Waals surface area contributed by atoms with Gasteiger partial charge in [0.2, 0.25) is 0 Å². The Kier molecular flexibility index (Phi) is 6.06. The summed E-state index contributed by atoms with van der Waals surface area (Å²) < 4.78 is 0. The predicted octanol–water partition coefficient (Wildman–Crippen LogP) is 4.50. The highest BCUT2D eigenvalue weighted by atomic mass is 35.5. The van der Waals surface area contributed by atoms with Gasteiger partial charge in [0.25, 0.3) is 11.6 Å². The Morgan fingerprint density at radius 2 is 1.84 bits per heavy atom. The highest BCUT2D eigenvalue weighted by Crippen LogP contribution is 2.26. The van der Waals surface area contributed by atoms with Crippen molar-refractivity contribution in [1.82, 2.24) is 5.32 Å². The maximum absolute atomic E-state index is 12.2. The Bertz CT molecular complexity index is 822. The van der Waals surface area contributed by atoms with E-state index in [-0.39, 0.29) is 27.4 Å². The molecule has 1 amide bonds. The van der Waals surface area contributed by atoms with E-state index in [1.54, 1.807) is 12.1 Å². The van der Waals surface area contributed by atoms with E-state index in [0.717, 1.165) is 5.56 Å². The van der Waals surface area contributed by atoms with Gasteiger partial charge < -0.3 is 5.32 Å². The number of hydrogen-bond donors (Lipinski definition) is 2. The highest BCUT2D eigenvalue weighted by Gasteiger charge is 2.13. The van der Waals surface area contributed by atoms with E-state index < -0.39 is 4.92 Å². The van der Waals surface area contributed by atoms with Gasteiger partial charge in [0.1, 0.15) is 0 Å². The average molecular weight is 378 g/mol. The number of nitrogens with one attached hydrogen (secondary N) is 2. The van der Waals surface area contributed by atoms with Gasteiger partial charge in [-0.15, -0.1) is 0 Å². The molecule has 130 valence electrons. The lowest BCUT2D eigenvalue weighted by Gasteiger charge is -2.11. The molecule has 0 aromatic heterocycles. The molecule has 0 heterocycles. The predicted molar refractivity (Wildman–Crippen MR) is 102 cm³/mol. The fourth-order valence-corrected chi connectivity index (χ4v) is 2.44. The number of nitrogens with zero attached hydrogens (tertiary/aromatic N) is 1. The second kappa shape index (κ2) is 8.04. The maximum Gasteiger partial charge on any atom is 0.271 e. The van der Waals surface area contributed by atoms with E-state index in [9.17, 15) is 14.9 Å². The molecule has 0 atom stereocenters. The summed E-state index contributed by atoms with van der Waals surface area (Å²) >= 11 is 11.1. The molecule has 8 heteroatoms. The first-order valence-corrected chi connectivity index (χ1v) is 8.22. The van der Waals surface area contributed by atoms with Crippen molar-refractivity contribution in [2.24, 2.45) is 0 Å². The summed E-state index contributed by atoms with van der Waals surface area (Å²) in [5, 5.41) is 16.3. The number of amides is 1. The van der Waals surface area contributed by atoms with Gasteiger partial charge in [-0.1, -0.05) is 37.6 Å². The van der Waals surface area contributed by atoms with Crippen LogP contribution in [-0.4, -0.2) is 15.9 Å². The van der Waals surface area contributed by atoms with Crippen LogP contribution in [0.5, 0.6) is 0 Å². The highest BCUT2D eigenvalue weighted by molar-refractivity contribution is 7.80. The van der Waals surface area contributed by atoms with Gasteiger partial charge in [0.05, 0.1) is 15.6 Å². The van der Waals surface area contributed by atoms with Crippen molar-refractivity contribution in [3.05, 3.63) is 68.7 Å². The fraction of sp³-hybridized carbons (Fsp3) is 0.176. The molecule has 25 heavy (non-hydrogen) atoms. The fourth-order valence-electron chi connectivity index (χ4n) is 2.07. The maximum atomic E-state index is 12.2. The summed E-state index contributed by atoms with van der Waals surface area (Å²) in [6.07, 6.45) is 0. The number of thiocarbonyl (C=S) groups is 1. The molecule has 0 unspecified atom stereocenters. The number of anilines is 1. The lowest BCUT2D eigenvalue weighted by Crippen LogP contribution is -2.34. The molecule has 0 radical (unpaired) electrons. The monoisotopic (exact) mass is 377 g/mol. The van der Waals surface area contributed by atoms with Crippen LogP contribution in [0.1, 0.15) is 35.7 Å². The van der Waals surface area contributed by atoms with Crippen molar-refractivity contribution in [2.75, 3.05) is 5.32 Å². The Morgan fingerprint density at radius 3 is 2.40 bits per heavy atom. The first-order valence-electron chi connectivity index (χ1n) is 7.44. The molecule has 0 aliphatic carbocycles. The first-order chi connectivity index (χ1) is 11.8. The van der Waals surface area contributed by atoms with E-state index >= 15 is 0 Å². The zero-order chi connectivity index (χ0) is 18.6. The van der Waals surface area contributed by atoms with E-state index in [0.29, 0.717) is 11.5 Å². The van der Waals surface area contributed by atoms with Gasteiger partial charge >= 0.3 is 0 Å². The van der Waals surface area contributed by atoms with Crippen LogP contribution in [0.25, 0.3) is 0 Å². The summed E-state index contributed by atoms with van der Waals surface area (Å²) in [6.45, 7) is 4.13. The summed E-state index contributed by atoms with van der Waals surface area (Å²) in [5.41, 5.74) is 1.70. The third-order valence-electron chi connectivity index (χ3n) is 3.48. The van der Waals surface area contributed by atoms with Gasteiger partial charge in [0.15, 0.2) is 5.11 Å². The topological polar surface area (TPSA) is 84.3 Å². The number of carbonyl (C=O) groups excluding carboxylic acids is 1. The largest absolute Gasteiger partial charge is 0.331 e. The summed E-state index contributed by atoms with van der Waals surface area (Å²) in [4.78, 5) is 22.5. The molecule has 0 aliphatic heterocycles. The lowest BCUT2D eigenvalue weighted by atomic mass is 10.0. The third-order valence-corrected chi connectivity index (χ3v) is 4.01. The second-order valence-corrected chi connectivity index (χ2v) is 6.42. The SMILES string of the molecule is CC(C)c1ccc(C(=O)NC(=S)Nc2cc([N+](=O)[O-])ccc2Cl)cc1. The van der Waals surface area contributed by atoms with Crippen LogP contribution in [0.4, 0.5) is 11.4 Å². The van der Waals surface area contributed by atoms with Crippen molar-refractivity contribution >= 4 is 46.2 Å². The number of halogens is 1. The van der Waals surface area contributed by atoms with Gasteiger partial charge in [0, 0.05) is 17.7 Å². The second-order valence-electron chi connectivity index (χ2n) is 5.61. The lowest BCUT2D eigenvalue weighted by molar-refractivity contribution is -0.384.